The maximum Gasteiger partial charge on any atom is 0.355 e. The van der Waals surface area contributed by atoms with E-state index in [1.165, 1.54) is 34.9 Å². The molecule has 1 unspecified atom stereocenters. The molecular formula is C32H32F2N4O3S2. The predicted molar refractivity (Wildman–Crippen MR) is 163 cm³/mol. The lowest BCUT2D eigenvalue weighted by Gasteiger charge is -2.29. The van der Waals surface area contributed by atoms with Crippen LogP contribution in [0.4, 0.5) is 8.78 Å². The van der Waals surface area contributed by atoms with Gasteiger partial charge < -0.3 is 9.66 Å². The summed E-state index contributed by atoms with van der Waals surface area (Å²) < 4.78 is 43.6. The lowest BCUT2D eigenvalue weighted by molar-refractivity contribution is 0.0691. The molecule has 0 spiro atoms. The molecule has 2 aromatic heterocycles. The zero-order chi connectivity index (χ0) is 30.5. The van der Waals surface area contributed by atoms with Gasteiger partial charge in [-0.3, -0.25) is 0 Å². The first-order valence-electron chi connectivity index (χ1n) is 14.2. The van der Waals surface area contributed by atoms with Crippen molar-refractivity contribution in [2.24, 2.45) is 16.5 Å². The van der Waals surface area contributed by atoms with Gasteiger partial charge in [0, 0.05) is 28.5 Å². The van der Waals surface area contributed by atoms with Crippen LogP contribution in [0, 0.1) is 23.0 Å². The van der Waals surface area contributed by atoms with E-state index in [9.17, 15) is 18.8 Å². The quantitative estimate of drug-likeness (QED) is 0.193. The number of hydrogen-bond acceptors (Lipinski definition) is 6. The van der Waals surface area contributed by atoms with Crippen molar-refractivity contribution in [3.05, 3.63) is 87.6 Å². The lowest BCUT2D eigenvalue weighted by Crippen LogP contribution is -2.14. The maximum absolute atomic E-state index is 15.3. The van der Waals surface area contributed by atoms with Crippen LogP contribution >= 0.6 is 11.3 Å². The molecule has 0 saturated heterocycles. The van der Waals surface area contributed by atoms with Gasteiger partial charge in [0.2, 0.25) is 10.0 Å². The molecule has 2 aliphatic carbocycles. The van der Waals surface area contributed by atoms with Crippen LogP contribution in [0.15, 0.2) is 52.7 Å². The van der Waals surface area contributed by atoms with Crippen molar-refractivity contribution in [3.63, 3.8) is 0 Å². The molecule has 3 N–H and O–H groups in total. The van der Waals surface area contributed by atoms with E-state index in [-0.39, 0.29) is 21.8 Å². The van der Waals surface area contributed by atoms with E-state index in [2.05, 4.69) is 24.9 Å². The molecule has 1 fully saturated rings. The van der Waals surface area contributed by atoms with E-state index < -0.39 is 23.1 Å². The van der Waals surface area contributed by atoms with Gasteiger partial charge in [-0.05, 0) is 91.3 Å². The first kappa shape index (κ1) is 29.7. The van der Waals surface area contributed by atoms with Crippen LogP contribution in [0.5, 0.6) is 0 Å². The standard InChI is InChI=1S/C32H32F2N4O3S2/c1-32(2)11-9-20(10-12-32)22-16-21(6-7-24(22)33)29-23(13-19-5-8-28(43(35)41)25(34)14-19)27(15-18-3-4-18)38(37-29)31-36-26(17-42-31)30(39)40/h5-9,14,16-18H,3-4,10-13,15,35H2,1-2H3,(H,39,40). The molecule has 6 rings (SSSR count). The molecule has 4 aromatic rings. The number of benzene rings is 2. The summed E-state index contributed by atoms with van der Waals surface area (Å²) in [6.45, 7) is 4.42. The van der Waals surface area contributed by atoms with Crippen LogP contribution in [0.1, 0.15) is 78.8 Å². The monoisotopic (exact) mass is 622 g/mol. The van der Waals surface area contributed by atoms with E-state index >= 15 is 4.39 Å². The highest BCUT2D eigenvalue weighted by Crippen LogP contribution is 2.41. The molecule has 43 heavy (non-hydrogen) atoms. The molecule has 1 atom stereocenters. The Balaban J connectivity index is 1.51. The van der Waals surface area contributed by atoms with Crippen molar-refractivity contribution in [3.8, 4) is 16.4 Å². The average molecular weight is 623 g/mol. The van der Waals surface area contributed by atoms with Gasteiger partial charge in [-0.15, -0.1) is 16.5 Å². The molecule has 0 bridgehead atoms. The normalized spacial score (nSPS) is 17.1. The van der Waals surface area contributed by atoms with Crippen LogP contribution < -0.4 is 5.14 Å². The number of hydrogen-bond donors (Lipinski definition) is 2. The summed E-state index contributed by atoms with van der Waals surface area (Å²) in [6.07, 6.45) is 7.83. The topological polar surface area (TPSA) is 117 Å². The van der Waals surface area contributed by atoms with E-state index in [1.54, 1.807) is 16.8 Å². The minimum absolute atomic E-state index is 0.0698. The highest BCUT2D eigenvalue weighted by molar-refractivity contribution is 7.89. The van der Waals surface area contributed by atoms with Gasteiger partial charge >= 0.3 is 5.97 Å². The number of aromatic nitrogens is 3. The largest absolute Gasteiger partial charge is 0.593 e. The Morgan fingerprint density at radius 3 is 2.63 bits per heavy atom. The average Bonchev–Trinajstić information content (AvgIpc) is 3.51. The minimum atomic E-state index is -1.96. The SMILES string of the molecule is CC1(C)CC=C(c2cc(-c3nn(-c4nc(C(=O)O)cs4)c(CC4CC4)c3Cc3ccc([S+](N)[O-])c(F)c3)ccc2F)CC1. The molecule has 1 saturated carbocycles. The smallest absolute Gasteiger partial charge is 0.355 e. The van der Waals surface area contributed by atoms with Crippen molar-refractivity contribution in [1.29, 1.82) is 0 Å². The third-order valence-corrected chi connectivity index (χ3v) is 9.89. The second-order valence-corrected chi connectivity index (χ2v) is 14.1. The van der Waals surface area contributed by atoms with Gasteiger partial charge in [0.15, 0.2) is 11.5 Å². The van der Waals surface area contributed by atoms with Crippen LogP contribution in [0.25, 0.3) is 22.0 Å². The summed E-state index contributed by atoms with van der Waals surface area (Å²) in [7, 11) is 0. The first-order valence-corrected chi connectivity index (χ1v) is 16.3. The number of carboxylic acid groups (broad SMARTS) is 1. The molecule has 11 heteroatoms. The molecular weight excluding hydrogens is 591 g/mol. The molecule has 0 aliphatic heterocycles. The molecule has 2 aromatic carbocycles. The first-order chi connectivity index (χ1) is 20.5. The number of rotatable bonds is 9. The van der Waals surface area contributed by atoms with Gasteiger partial charge in [0.1, 0.15) is 5.82 Å². The van der Waals surface area contributed by atoms with Crippen molar-refractivity contribution in [2.45, 2.75) is 63.7 Å². The van der Waals surface area contributed by atoms with E-state index in [4.69, 9.17) is 10.2 Å². The second kappa shape index (κ2) is 11.6. The number of nitrogens with zero attached hydrogens (tertiary/aromatic N) is 3. The number of carboxylic acids is 1. The molecule has 0 amide bonds. The van der Waals surface area contributed by atoms with Gasteiger partial charge in [-0.1, -0.05) is 26.0 Å². The Kier molecular flexibility index (Phi) is 8.01. The summed E-state index contributed by atoms with van der Waals surface area (Å²) in [6, 6.07) is 9.46. The zero-order valence-electron chi connectivity index (χ0n) is 23.9. The number of allylic oxidation sites excluding steroid dienone is 2. The highest BCUT2D eigenvalue weighted by atomic mass is 32.2. The van der Waals surface area contributed by atoms with Crippen molar-refractivity contribution in [1.82, 2.24) is 14.8 Å². The Bertz CT molecular complexity index is 1740. The van der Waals surface area contributed by atoms with Crippen LogP contribution in [-0.4, -0.2) is 30.4 Å². The summed E-state index contributed by atoms with van der Waals surface area (Å²) >= 11 is -0.772. The fourth-order valence-corrected chi connectivity index (χ4v) is 6.81. The summed E-state index contributed by atoms with van der Waals surface area (Å²) in [5, 5.41) is 21.8. The second-order valence-electron chi connectivity index (χ2n) is 12.2. The van der Waals surface area contributed by atoms with Gasteiger partial charge in [0.25, 0.3) is 0 Å². The van der Waals surface area contributed by atoms with Crippen molar-refractivity contribution < 1.29 is 23.2 Å². The number of carbonyl (C=O) groups is 1. The number of nitrogens with two attached hydrogens (primary N) is 1. The Hall–Kier alpha value is -3.38. The van der Waals surface area contributed by atoms with Gasteiger partial charge in [-0.2, -0.15) is 5.10 Å². The Morgan fingerprint density at radius 1 is 1.21 bits per heavy atom. The number of thiazole rings is 1. The van der Waals surface area contributed by atoms with Gasteiger partial charge in [-0.25, -0.2) is 23.2 Å². The van der Waals surface area contributed by atoms with Crippen molar-refractivity contribution in [2.75, 3.05) is 0 Å². The molecule has 2 aliphatic rings. The molecule has 2 heterocycles. The van der Waals surface area contributed by atoms with E-state index in [0.717, 1.165) is 48.9 Å². The Morgan fingerprint density at radius 2 is 2.00 bits per heavy atom. The summed E-state index contributed by atoms with van der Waals surface area (Å²) in [5.74, 6) is -1.64. The highest BCUT2D eigenvalue weighted by Gasteiger charge is 2.30. The maximum atomic E-state index is 15.3. The predicted octanol–water partition coefficient (Wildman–Crippen LogP) is 7.09. The number of aromatic carboxylic acids is 1. The fourth-order valence-electron chi connectivity index (χ4n) is 5.59. The summed E-state index contributed by atoms with van der Waals surface area (Å²) in [5.41, 5.74) is 5.25. The summed E-state index contributed by atoms with van der Waals surface area (Å²) in [4.78, 5) is 15.9. The Labute approximate surface area is 255 Å². The van der Waals surface area contributed by atoms with E-state index in [1.807, 2.05) is 6.07 Å². The van der Waals surface area contributed by atoms with E-state index in [0.29, 0.717) is 46.3 Å². The molecule has 7 nitrogen and oxygen atoms in total. The number of halogens is 2. The minimum Gasteiger partial charge on any atom is -0.593 e. The van der Waals surface area contributed by atoms with Crippen LogP contribution in [0.3, 0.4) is 0 Å². The molecule has 0 radical (unpaired) electrons. The van der Waals surface area contributed by atoms with Crippen molar-refractivity contribution >= 4 is 34.2 Å². The van der Waals surface area contributed by atoms with Crippen LogP contribution in [-0.2, 0) is 24.2 Å². The third-order valence-electron chi connectivity index (χ3n) is 8.31. The lowest BCUT2D eigenvalue weighted by atomic mass is 9.77. The fraction of sp³-hybridized carbons (Fsp3) is 0.344. The zero-order valence-corrected chi connectivity index (χ0v) is 25.5. The molecule has 224 valence electrons. The van der Waals surface area contributed by atoms with Crippen LogP contribution in [0.2, 0.25) is 0 Å². The van der Waals surface area contributed by atoms with Gasteiger partial charge in [0.05, 0.1) is 22.7 Å². The third kappa shape index (κ3) is 6.31.